The van der Waals surface area contributed by atoms with Crippen molar-refractivity contribution in [3.05, 3.63) is 48.0 Å². The van der Waals surface area contributed by atoms with Crippen LogP contribution in [0.25, 0.3) is 10.8 Å². The minimum absolute atomic E-state index is 0.124. The highest BCUT2D eigenvalue weighted by Gasteiger charge is 2.10. The number of benzene rings is 2. The number of aryl methyl sites for hydroxylation is 1. The summed E-state index contributed by atoms with van der Waals surface area (Å²) in [6, 6.07) is 13.3. The zero-order chi connectivity index (χ0) is 16.2. The Labute approximate surface area is 137 Å². The molecule has 0 fully saturated rings. The Bertz CT molecular complexity index is 875. The van der Waals surface area contributed by atoms with Crippen molar-refractivity contribution < 1.29 is 4.79 Å². The summed E-state index contributed by atoms with van der Waals surface area (Å²) in [5.74, 6) is -0.0493. The predicted octanol–water partition coefficient (Wildman–Crippen LogP) is 1.97. The lowest BCUT2D eigenvalue weighted by atomic mass is 10.1. The van der Waals surface area contributed by atoms with Crippen molar-refractivity contribution >= 4 is 40.0 Å². The molecule has 0 bridgehead atoms. The average molecular weight is 326 g/mol. The zero-order valence-corrected chi connectivity index (χ0v) is 13.2. The Balaban J connectivity index is 1.68. The zero-order valence-electron chi connectivity index (χ0n) is 12.4. The fourth-order valence-electron chi connectivity index (χ4n) is 2.07. The van der Waals surface area contributed by atoms with Gasteiger partial charge in [-0.25, -0.2) is 0 Å². The van der Waals surface area contributed by atoms with Crippen LogP contribution in [0.5, 0.6) is 0 Å². The van der Waals surface area contributed by atoms with Gasteiger partial charge < -0.3 is 0 Å². The lowest BCUT2D eigenvalue weighted by Crippen LogP contribution is -2.34. The molecule has 0 unspecified atom stereocenters. The summed E-state index contributed by atoms with van der Waals surface area (Å²) in [5, 5.41) is 19.1. The number of carbonyl (C=O) groups excluding carboxylic acids is 1. The van der Waals surface area contributed by atoms with Crippen LogP contribution in [0, 0.1) is 0 Å². The average Bonchev–Trinajstić information content (AvgIpc) is 3.01. The molecular weight excluding hydrogens is 312 g/mol. The van der Waals surface area contributed by atoms with Crippen LogP contribution < -0.4 is 10.6 Å². The summed E-state index contributed by atoms with van der Waals surface area (Å²) in [7, 11) is 0. The number of rotatable bonds is 3. The minimum atomic E-state index is -0.295. The highest BCUT2D eigenvalue weighted by molar-refractivity contribution is 7.80. The minimum Gasteiger partial charge on any atom is -0.299 e. The molecule has 3 aromatic rings. The molecule has 1 aromatic heterocycles. The number of thiocarbonyl (C=S) groups is 1. The van der Waals surface area contributed by atoms with Crippen LogP contribution in [0.4, 0.5) is 5.95 Å². The van der Waals surface area contributed by atoms with Crippen molar-refractivity contribution in [3.63, 3.8) is 0 Å². The Hall–Kier alpha value is -2.87. The topological polar surface area (TPSA) is 84.7 Å². The van der Waals surface area contributed by atoms with Gasteiger partial charge in [0.05, 0.1) is 6.54 Å². The van der Waals surface area contributed by atoms with Crippen molar-refractivity contribution in [2.24, 2.45) is 0 Å². The van der Waals surface area contributed by atoms with Gasteiger partial charge in [-0.1, -0.05) is 35.4 Å². The van der Waals surface area contributed by atoms with Crippen LogP contribution in [0.3, 0.4) is 0 Å². The van der Waals surface area contributed by atoms with Crippen LogP contribution in [-0.2, 0) is 6.54 Å². The van der Waals surface area contributed by atoms with Gasteiger partial charge in [0, 0.05) is 5.56 Å². The lowest BCUT2D eigenvalue weighted by molar-refractivity contribution is 0.0978. The summed E-state index contributed by atoms with van der Waals surface area (Å²) >= 11 is 5.09. The van der Waals surface area contributed by atoms with Gasteiger partial charge in [0.25, 0.3) is 11.9 Å². The van der Waals surface area contributed by atoms with E-state index in [9.17, 15) is 4.79 Å². The van der Waals surface area contributed by atoms with Crippen molar-refractivity contribution in [1.29, 1.82) is 0 Å². The van der Waals surface area contributed by atoms with E-state index in [1.54, 1.807) is 6.07 Å². The van der Waals surface area contributed by atoms with Crippen LogP contribution in [0.2, 0.25) is 0 Å². The molecule has 0 atom stereocenters. The van der Waals surface area contributed by atoms with Crippen molar-refractivity contribution in [1.82, 2.24) is 25.5 Å². The number of fused-ring (bicyclic) bond motifs is 1. The van der Waals surface area contributed by atoms with Crippen LogP contribution in [-0.4, -0.2) is 31.2 Å². The summed E-state index contributed by atoms with van der Waals surface area (Å²) in [6.45, 7) is 2.50. The van der Waals surface area contributed by atoms with E-state index in [2.05, 4.69) is 26.0 Å². The van der Waals surface area contributed by atoms with Gasteiger partial charge in [0.1, 0.15) is 0 Å². The molecule has 0 aliphatic carbocycles. The first kappa shape index (κ1) is 15.0. The first-order valence-electron chi connectivity index (χ1n) is 7.04. The monoisotopic (exact) mass is 326 g/mol. The fourth-order valence-corrected chi connectivity index (χ4v) is 2.25. The smallest absolute Gasteiger partial charge is 0.269 e. The molecule has 0 aliphatic heterocycles. The number of amides is 1. The maximum atomic E-state index is 12.3. The molecule has 0 spiro atoms. The third-order valence-corrected chi connectivity index (χ3v) is 3.40. The molecule has 0 saturated carbocycles. The number of carbonyl (C=O) groups is 1. The molecule has 1 heterocycles. The van der Waals surface area contributed by atoms with Gasteiger partial charge in [-0.15, -0.1) is 5.10 Å². The number of tetrazole rings is 1. The summed E-state index contributed by atoms with van der Waals surface area (Å²) in [5.41, 5.74) is 0.526. The molecule has 7 nitrogen and oxygen atoms in total. The predicted molar refractivity (Wildman–Crippen MR) is 91.1 cm³/mol. The Morgan fingerprint density at radius 2 is 2.00 bits per heavy atom. The lowest BCUT2D eigenvalue weighted by Gasteiger charge is -2.07. The SMILES string of the molecule is CCn1nnc(NC(=S)NC(=O)c2ccc3ccccc3c2)n1. The number of nitrogens with zero attached hydrogens (tertiary/aromatic N) is 4. The molecule has 8 heteroatoms. The van der Waals surface area contributed by atoms with Crippen LogP contribution in [0.15, 0.2) is 42.5 Å². The molecule has 0 radical (unpaired) electrons. The molecular formula is C15H14N6OS. The largest absolute Gasteiger partial charge is 0.299 e. The highest BCUT2D eigenvalue weighted by Crippen LogP contribution is 2.15. The Morgan fingerprint density at radius 1 is 1.22 bits per heavy atom. The number of hydrogen-bond acceptors (Lipinski definition) is 5. The van der Waals surface area contributed by atoms with E-state index in [1.807, 2.05) is 43.3 Å². The standard InChI is InChI=1S/C15H14N6OS/c1-2-21-19-14(18-20-21)17-15(23)16-13(22)12-8-7-10-5-3-4-6-11(10)9-12/h3-9H,2H2,1H3,(H2,16,17,19,22,23). The van der Waals surface area contributed by atoms with Crippen molar-refractivity contribution in [3.8, 4) is 0 Å². The van der Waals surface area contributed by atoms with E-state index in [1.165, 1.54) is 4.80 Å². The normalized spacial score (nSPS) is 10.5. The van der Waals surface area contributed by atoms with Gasteiger partial charge in [0.15, 0.2) is 5.11 Å². The van der Waals surface area contributed by atoms with Gasteiger partial charge in [-0.3, -0.25) is 15.4 Å². The Kier molecular flexibility index (Phi) is 4.24. The third kappa shape index (κ3) is 3.49. The molecule has 2 N–H and O–H groups in total. The number of hydrogen-bond donors (Lipinski definition) is 2. The maximum Gasteiger partial charge on any atom is 0.269 e. The second-order valence-corrected chi connectivity index (χ2v) is 5.18. The van der Waals surface area contributed by atoms with Gasteiger partial charge in [-0.05, 0) is 47.3 Å². The molecule has 23 heavy (non-hydrogen) atoms. The molecule has 1 amide bonds. The van der Waals surface area contributed by atoms with Crippen LogP contribution >= 0.6 is 12.2 Å². The highest BCUT2D eigenvalue weighted by atomic mass is 32.1. The van der Waals surface area contributed by atoms with E-state index in [-0.39, 0.29) is 17.0 Å². The second kappa shape index (κ2) is 6.49. The first-order chi connectivity index (χ1) is 11.2. The van der Waals surface area contributed by atoms with E-state index in [0.29, 0.717) is 12.1 Å². The molecule has 0 aliphatic rings. The number of nitrogens with one attached hydrogen (secondary N) is 2. The summed E-state index contributed by atoms with van der Waals surface area (Å²) in [4.78, 5) is 13.7. The maximum absolute atomic E-state index is 12.3. The molecule has 0 saturated heterocycles. The van der Waals surface area contributed by atoms with E-state index < -0.39 is 0 Å². The second-order valence-electron chi connectivity index (χ2n) is 4.77. The number of aromatic nitrogens is 4. The van der Waals surface area contributed by atoms with Crippen LogP contribution in [0.1, 0.15) is 17.3 Å². The molecule has 3 rings (SSSR count). The van der Waals surface area contributed by atoms with E-state index >= 15 is 0 Å². The summed E-state index contributed by atoms with van der Waals surface area (Å²) in [6.07, 6.45) is 0. The third-order valence-electron chi connectivity index (χ3n) is 3.20. The first-order valence-corrected chi connectivity index (χ1v) is 7.45. The number of anilines is 1. The van der Waals surface area contributed by atoms with Crippen molar-refractivity contribution in [2.45, 2.75) is 13.5 Å². The van der Waals surface area contributed by atoms with Gasteiger partial charge in [0.2, 0.25) is 0 Å². The van der Waals surface area contributed by atoms with Gasteiger partial charge >= 0.3 is 0 Å². The van der Waals surface area contributed by atoms with Crippen molar-refractivity contribution in [2.75, 3.05) is 5.32 Å². The summed E-state index contributed by atoms with van der Waals surface area (Å²) < 4.78 is 0. The molecule has 116 valence electrons. The van der Waals surface area contributed by atoms with Gasteiger partial charge in [-0.2, -0.15) is 4.80 Å². The van der Waals surface area contributed by atoms with E-state index in [4.69, 9.17) is 12.2 Å². The van der Waals surface area contributed by atoms with E-state index in [0.717, 1.165) is 10.8 Å². The Morgan fingerprint density at radius 3 is 2.74 bits per heavy atom. The molecule has 2 aromatic carbocycles. The quantitative estimate of drug-likeness (QED) is 0.716. The fraction of sp³-hybridized carbons (Fsp3) is 0.133.